The van der Waals surface area contributed by atoms with Gasteiger partial charge in [-0.15, -0.1) is 0 Å². The highest BCUT2D eigenvalue weighted by atomic mass is 35.5. The Morgan fingerprint density at radius 3 is 2.73 bits per heavy atom. The van der Waals surface area contributed by atoms with Crippen LogP contribution in [0.15, 0.2) is 71.5 Å². The monoisotopic (exact) mass is 436 g/mol. The van der Waals surface area contributed by atoms with E-state index in [4.69, 9.17) is 16.3 Å². The molecule has 0 unspecified atom stereocenters. The number of ether oxygens (including phenoxy) is 1. The van der Waals surface area contributed by atoms with E-state index in [0.29, 0.717) is 25.8 Å². The van der Waals surface area contributed by atoms with Crippen LogP contribution in [-0.2, 0) is 6.61 Å². The van der Waals surface area contributed by atoms with Crippen LogP contribution in [0.1, 0.15) is 11.1 Å². The zero-order chi connectivity index (χ0) is 20.7. The molecule has 0 atom stereocenters. The molecule has 0 aliphatic rings. The maximum Gasteiger partial charge on any atom is 0.274 e. The second-order valence-corrected chi connectivity index (χ2v) is 8.18. The molecule has 0 aliphatic heterocycles. The van der Waals surface area contributed by atoms with Crippen molar-refractivity contribution >= 4 is 45.0 Å². The highest BCUT2D eigenvalue weighted by molar-refractivity contribution is 7.15. The minimum atomic E-state index is -0.294. The third kappa shape index (κ3) is 3.44. The molecule has 0 aliphatic carbocycles. The Balaban J connectivity index is 1.56. The molecule has 0 fully saturated rings. The second kappa shape index (κ2) is 7.55. The van der Waals surface area contributed by atoms with Crippen LogP contribution >= 0.6 is 22.9 Å². The minimum Gasteiger partial charge on any atom is -0.488 e. The number of aromatic nitrogens is 2. The zero-order valence-corrected chi connectivity index (χ0v) is 17.1. The number of fused-ring (bicyclic) bond motifs is 3. The molecule has 3 aromatic carbocycles. The predicted octanol–water partition coefficient (Wildman–Crippen LogP) is 4.83. The summed E-state index contributed by atoms with van der Waals surface area (Å²) in [5.41, 5.74) is 2.97. The highest BCUT2D eigenvalue weighted by Gasteiger charge is 2.11. The van der Waals surface area contributed by atoms with E-state index in [9.17, 15) is 9.18 Å². The fraction of sp³-hybridized carbons (Fsp3) is 0.0435. The van der Waals surface area contributed by atoms with Gasteiger partial charge in [0.25, 0.3) is 5.56 Å². The standard InChI is InChI=1S/C23H14ClFN2O2S/c24-16-7-10-20(29-13-14-5-8-17(25)9-6-14)15(11-16)12-21-22(28)27-19-4-2-1-3-18(19)26-23(27)30-21/h1-12H,13H2/b21-12+. The van der Waals surface area contributed by atoms with E-state index in [2.05, 4.69) is 4.98 Å². The molecule has 0 saturated carbocycles. The average Bonchev–Trinajstić information content (AvgIpc) is 3.25. The van der Waals surface area contributed by atoms with Gasteiger partial charge in [0.05, 0.1) is 15.6 Å². The Morgan fingerprint density at radius 1 is 1.10 bits per heavy atom. The lowest BCUT2D eigenvalue weighted by Crippen LogP contribution is -2.22. The molecular formula is C23H14ClFN2O2S. The van der Waals surface area contributed by atoms with E-state index < -0.39 is 0 Å². The van der Waals surface area contributed by atoms with Crippen LogP contribution < -0.4 is 14.8 Å². The molecule has 30 heavy (non-hydrogen) atoms. The maximum atomic E-state index is 13.1. The van der Waals surface area contributed by atoms with Crippen molar-refractivity contribution in [2.45, 2.75) is 6.61 Å². The molecule has 0 spiro atoms. The number of halogens is 2. The number of nitrogens with zero attached hydrogens (tertiary/aromatic N) is 2. The van der Waals surface area contributed by atoms with Gasteiger partial charge in [-0.3, -0.25) is 4.79 Å². The second-order valence-electron chi connectivity index (χ2n) is 6.73. The van der Waals surface area contributed by atoms with Crippen molar-refractivity contribution in [3.8, 4) is 5.75 Å². The number of thiazole rings is 1. The smallest absolute Gasteiger partial charge is 0.274 e. The Morgan fingerprint density at radius 2 is 1.90 bits per heavy atom. The summed E-state index contributed by atoms with van der Waals surface area (Å²) in [6.45, 7) is 0.269. The summed E-state index contributed by atoms with van der Waals surface area (Å²) in [6, 6.07) is 18.9. The van der Waals surface area contributed by atoms with E-state index in [1.807, 2.05) is 24.3 Å². The first-order valence-electron chi connectivity index (χ1n) is 9.17. The van der Waals surface area contributed by atoms with Gasteiger partial charge in [0.1, 0.15) is 18.2 Å². The predicted molar refractivity (Wildman–Crippen MR) is 118 cm³/mol. The zero-order valence-electron chi connectivity index (χ0n) is 15.5. The number of hydrogen-bond donors (Lipinski definition) is 0. The van der Waals surface area contributed by atoms with Crippen molar-refractivity contribution in [1.82, 2.24) is 9.38 Å². The van der Waals surface area contributed by atoms with Gasteiger partial charge in [-0.25, -0.2) is 13.8 Å². The first-order valence-corrected chi connectivity index (χ1v) is 10.4. The third-order valence-corrected chi connectivity index (χ3v) is 5.92. The lowest BCUT2D eigenvalue weighted by atomic mass is 10.2. The summed E-state index contributed by atoms with van der Waals surface area (Å²) in [4.78, 5) is 18.2. The van der Waals surface area contributed by atoms with E-state index in [1.54, 1.807) is 40.8 Å². The normalized spacial score (nSPS) is 12.1. The van der Waals surface area contributed by atoms with E-state index in [1.165, 1.54) is 23.5 Å². The van der Waals surface area contributed by atoms with Crippen LogP contribution in [0.4, 0.5) is 4.39 Å². The molecular weight excluding hydrogens is 423 g/mol. The van der Waals surface area contributed by atoms with E-state index in [-0.39, 0.29) is 18.0 Å². The van der Waals surface area contributed by atoms with Crippen molar-refractivity contribution in [3.05, 3.63) is 104 Å². The summed E-state index contributed by atoms with van der Waals surface area (Å²) >= 11 is 7.50. The SMILES string of the molecule is O=c1/c(=C\c2cc(Cl)ccc2OCc2ccc(F)cc2)sc2nc3ccccc3n12. The first kappa shape index (κ1) is 18.8. The van der Waals surface area contributed by atoms with Crippen LogP contribution in [0.2, 0.25) is 5.02 Å². The third-order valence-electron chi connectivity index (χ3n) is 4.71. The minimum absolute atomic E-state index is 0.131. The summed E-state index contributed by atoms with van der Waals surface area (Å²) in [7, 11) is 0. The number of benzene rings is 3. The number of hydrogen-bond acceptors (Lipinski definition) is 4. The van der Waals surface area contributed by atoms with Gasteiger partial charge < -0.3 is 4.74 Å². The Hall–Kier alpha value is -3.22. The fourth-order valence-electron chi connectivity index (χ4n) is 3.26. The molecule has 2 heterocycles. The lowest BCUT2D eigenvalue weighted by molar-refractivity contribution is 0.305. The molecule has 5 rings (SSSR count). The summed E-state index contributed by atoms with van der Waals surface area (Å²) in [6.07, 6.45) is 1.77. The molecule has 0 bridgehead atoms. The molecule has 148 valence electrons. The fourth-order valence-corrected chi connectivity index (χ4v) is 4.42. The number of imidazole rings is 1. The molecule has 0 amide bonds. The molecule has 0 N–H and O–H groups in total. The molecule has 2 aromatic heterocycles. The van der Waals surface area contributed by atoms with Crippen LogP contribution in [0.25, 0.3) is 22.1 Å². The van der Waals surface area contributed by atoms with Crippen LogP contribution in [-0.4, -0.2) is 9.38 Å². The van der Waals surface area contributed by atoms with E-state index >= 15 is 0 Å². The highest BCUT2D eigenvalue weighted by Crippen LogP contribution is 2.25. The maximum absolute atomic E-state index is 13.1. The van der Waals surface area contributed by atoms with Crippen LogP contribution in [0, 0.1) is 5.82 Å². The van der Waals surface area contributed by atoms with Gasteiger partial charge in [-0.2, -0.15) is 0 Å². The lowest BCUT2D eigenvalue weighted by Gasteiger charge is -2.09. The summed E-state index contributed by atoms with van der Waals surface area (Å²) < 4.78 is 21.2. The summed E-state index contributed by atoms with van der Waals surface area (Å²) in [5.74, 6) is 0.288. The van der Waals surface area contributed by atoms with Crippen LogP contribution in [0.3, 0.4) is 0 Å². The van der Waals surface area contributed by atoms with Gasteiger partial charge in [0.15, 0.2) is 4.96 Å². The van der Waals surface area contributed by atoms with Gasteiger partial charge in [0, 0.05) is 10.6 Å². The summed E-state index contributed by atoms with van der Waals surface area (Å²) in [5, 5.41) is 0.537. The molecule has 4 nitrogen and oxygen atoms in total. The van der Waals surface area contributed by atoms with Gasteiger partial charge in [0.2, 0.25) is 0 Å². The van der Waals surface area contributed by atoms with E-state index in [0.717, 1.165) is 16.6 Å². The number of rotatable bonds is 4. The van der Waals surface area contributed by atoms with Crippen molar-refractivity contribution < 1.29 is 9.13 Å². The molecule has 7 heteroatoms. The van der Waals surface area contributed by atoms with Crippen LogP contribution in [0.5, 0.6) is 5.75 Å². The molecule has 0 saturated heterocycles. The largest absolute Gasteiger partial charge is 0.488 e. The van der Waals surface area contributed by atoms with Gasteiger partial charge in [-0.1, -0.05) is 47.2 Å². The quantitative estimate of drug-likeness (QED) is 0.405. The number of para-hydroxylation sites is 2. The molecule has 5 aromatic rings. The average molecular weight is 437 g/mol. The van der Waals surface area contributed by atoms with Gasteiger partial charge in [-0.05, 0) is 54.1 Å². The molecule has 0 radical (unpaired) electrons. The Labute approximate surface area is 179 Å². The van der Waals surface area contributed by atoms with Gasteiger partial charge >= 0.3 is 0 Å². The Bertz CT molecular complexity index is 1490. The van der Waals surface area contributed by atoms with Crippen molar-refractivity contribution in [1.29, 1.82) is 0 Å². The Kier molecular flexibility index (Phi) is 4.73. The van der Waals surface area contributed by atoms with Crippen molar-refractivity contribution in [2.24, 2.45) is 0 Å². The topological polar surface area (TPSA) is 43.6 Å². The van der Waals surface area contributed by atoms with Crippen molar-refractivity contribution in [2.75, 3.05) is 0 Å². The first-order chi connectivity index (χ1) is 14.6. The van der Waals surface area contributed by atoms with Crippen molar-refractivity contribution in [3.63, 3.8) is 0 Å².